The van der Waals surface area contributed by atoms with Crippen LogP contribution >= 0.6 is 0 Å². The molecule has 2 amide bonds. The zero-order chi connectivity index (χ0) is 27.7. The normalized spacial score (nSPS) is 13.4. The lowest BCUT2D eigenvalue weighted by molar-refractivity contribution is -0.111. The van der Waals surface area contributed by atoms with Crippen molar-refractivity contribution in [3.63, 3.8) is 0 Å². The van der Waals surface area contributed by atoms with E-state index in [-0.39, 0.29) is 11.8 Å². The number of pyridine rings is 3. The van der Waals surface area contributed by atoms with Crippen LogP contribution in [-0.4, -0.2) is 57.9 Å². The van der Waals surface area contributed by atoms with Gasteiger partial charge >= 0.3 is 0 Å². The fourth-order valence-electron chi connectivity index (χ4n) is 4.42. The monoisotopic (exact) mass is 538 g/mol. The molecule has 1 aliphatic rings. The summed E-state index contributed by atoms with van der Waals surface area (Å²) in [5.74, 6) is 1.06. The molecule has 10 heteroatoms. The van der Waals surface area contributed by atoms with Crippen LogP contribution in [0.4, 0.5) is 11.5 Å². The Hall–Kier alpha value is -4.83. The second-order valence-corrected chi connectivity index (χ2v) is 9.28. The number of carbonyl (C=O) groups is 2. The lowest BCUT2D eigenvalue weighted by Gasteiger charge is -2.26. The van der Waals surface area contributed by atoms with Crippen molar-refractivity contribution in [3.05, 3.63) is 85.3 Å². The Morgan fingerprint density at radius 3 is 2.58 bits per heavy atom. The summed E-state index contributed by atoms with van der Waals surface area (Å²) >= 11 is 0. The second-order valence-electron chi connectivity index (χ2n) is 9.28. The van der Waals surface area contributed by atoms with Crippen molar-refractivity contribution in [3.8, 4) is 17.4 Å². The Kier molecular flexibility index (Phi) is 8.57. The average Bonchev–Trinajstić information content (AvgIpc) is 2.99. The average molecular weight is 539 g/mol. The van der Waals surface area contributed by atoms with E-state index < -0.39 is 0 Å². The molecule has 1 aromatic carbocycles. The lowest BCUT2D eigenvalue weighted by Crippen LogP contribution is -2.33. The smallest absolute Gasteiger partial charge is 0.258 e. The van der Waals surface area contributed by atoms with E-state index in [4.69, 9.17) is 9.47 Å². The maximum atomic E-state index is 12.5. The third-order valence-electron chi connectivity index (χ3n) is 6.48. The van der Waals surface area contributed by atoms with E-state index in [0.717, 1.165) is 19.6 Å². The summed E-state index contributed by atoms with van der Waals surface area (Å²) in [6, 6.07) is 13.8. The molecule has 0 bridgehead atoms. The van der Waals surface area contributed by atoms with E-state index in [9.17, 15) is 9.59 Å². The van der Waals surface area contributed by atoms with Crippen LogP contribution in [0.1, 0.15) is 29.6 Å². The molecule has 0 radical (unpaired) electrons. The largest absolute Gasteiger partial charge is 0.490 e. The highest BCUT2D eigenvalue weighted by Gasteiger charge is 2.15. The maximum Gasteiger partial charge on any atom is 0.258 e. The highest BCUT2D eigenvalue weighted by atomic mass is 16.5. The first-order chi connectivity index (χ1) is 19.6. The molecular weight excluding hydrogens is 508 g/mol. The first kappa shape index (κ1) is 26.8. The van der Waals surface area contributed by atoms with E-state index in [2.05, 4.69) is 37.1 Å². The minimum Gasteiger partial charge on any atom is -0.490 e. The lowest BCUT2D eigenvalue weighted by atomic mass is 10.1. The number of amides is 2. The fraction of sp³-hybridized carbons (Fsp3) is 0.233. The number of fused-ring (bicyclic) bond motifs is 1. The third kappa shape index (κ3) is 6.78. The fourth-order valence-corrected chi connectivity index (χ4v) is 4.42. The van der Waals surface area contributed by atoms with E-state index in [1.807, 2.05) is 0 Å². The molecule has 5 rings (SSSR count). The molecule has 1 aliphatic heterocycles. The predicted octanol–water partition coefficient (Wildman–Crippen LogP) is 5.06. The molecule has 0 aliphatic carbocycles. The number of nitrogens with zero attached hydrogens (tertiary/aromatic N) is 4. The number of likely N-dealkylation sites (tertiary alicyclic amines) is 1. The highest BCUT2D eigenvalue weighted by Crippen LogP contribution is 2.35. The summed E-state index contributed by atoms with van der Waals surface area (Å²) in [5.41, 5.74) is 1.48. The summed E-state index contributed by atoms with van der Waals surface area (Å²) in [5, 5.41) is 6.21. The van der Waals surface area contributed by atoms with E-state index in [1.54, 1.807) is 60.9 Å². The third-order valence-corrected chi connectivity index (χ3v) is 6.48. The van der Waals surface area contributed by atoms with Gasteiger partial charge in [-0.2, -0.15) is 0 Å². The molecule has 40 heavy (non-hydrogen) atoms. The van der Waals surface area contributed by atoms with Crippen LogP contribution < -0.4 is 20.1 Å². The quantitative estimate of drug-likeness (QED) is 0.269. The number of rotatable bonds is 10. The molecule has 1 fully saturated rings. The number of hydrogen-bond donors (Lipinski definition) is 2. The molecule has 1 saturated heterocycles. The number of piperidine rings is 1. The van der Waals surface area contributed by atoms with Gasteiger partial charge < -0.3 is 20.1 Å². The molecule has 3 aromatic heterocycles. The van der Waals surface area contributed by atoms with Crippen LogP contribution in [0.15, 0.2) is 79.8 Å². The van der Waals surface area contributed by atoms with Crippen LogP contribution in [0.2, 0.25) is 0 Å². The van der Waals surface area contributed by atoms with Gasteiger partial charge in [0, 0.05) is 42.7 Å². The van der Waals surface area contributed by atoms with Gasteiger partial charge in [-0.3, -0.25) is 19.5 Å². The molecule has 0 spiro atoms. The topological polar surface area (TPSA) is 119 Å². The molecule has 0 unspecified atom stereocenters. The minimum absolute atomic E-state index is 0.292. The van der Waals surface area contributed by atoms with Gasteiger partial charge in [0.25, 0.3) is 5.91 Å². The van der Waals surface area contributed by atoms with Crippen molar-refractivity contribution in [1.82, 2.24) is 19.9 Å². The van der Waals surface area contributed by atoms with Gasteiger partial charge in [-0.15, -0.1) is 0 Å². The zero-order valence-corrected chi connectivity index (χ0v) is 22.0. The van der Waals surface area contributed by atoms with Gasteiger partial charge in [-0.1, -0.05) is 19.1 Å². The Morgan fingerprint density at radius 1 is 0.950 bits per heavy atom. The Morgan fingerprint density at radius 2 is 1.82 bits per heavy atom. The Balaban J connectivity index is 1.33. The molecule has 204 valence electrons. The summed E-state index contributed by atoms with van der Waals surface area (Å²) in [6.45, 7) is 7.00. The molecule has 2 N–H and O–H groups in total. The molecular formula is C30H30N6O4. The summed E-state index contributed by atoms with van der Waals surface area (Å²) in [6.07, 6.45) is 9.56. The predicted molar refractivity (Wildman–Crippen MR) is 153 cm³/mol. The van der Waals surface area contributed by atoms with E-state index in [0.29, 0.717) is 52.0 Å². The van der Waals surface area contributed by atoms with E-state index in [1.165, 1.54) is 31.5 Å². The van der Waals surface area contributed by atoms with Crippen molar-refractivity contribution in [2.75, 3.05) is 36.9 Å². The summed E-state index contributed by atoms with van der Waals surface area (Å²) < 4.78 is 12.2. The Bertz CT molecular complexity index is 1490. The zero-order valence-electron chi connectivity index (χ0n) is 22.0. The number of hydrogen-bond acceptors (Lipinski definition) is 8. The summed E-state index contributed by atoms with van der Waals surface area (Å²) in [4.78, 5) is 39.9. The first-order valence-electron chi connectivity index (χ1n) is 13.2. The van der Waals surface area contributed by atoms with Crippen molar-refractivity contribution in [1.29, 1.82) is 0 Å². The minimum atomic E-state index is -0.354. The molecule has 0 atom stereocenters. The van der Waals surface area contributed by atoms with Gasteiger partial charge in [-0.25, -0.2) is 9.97 Å². The van der Waals surface area contributed by atoms with Gasteiger partial charge in [0.05, 0.1) is 16.8 Å². The molecule has 4 aromatic rings. The van der Waals surface area contributed by atoms with Crippen molar-refractivity contribution < 1.29 is 19.1 Å². The molecule has 4 heterocycles. The van der Waals surface area contributed by atoms with Gasteiger partial charge in [0.2, 0.25) is 11.8 Å². The number of nitrogens with one attached hydrogen (secondary N) is 2. The van der Waals surface area contributed by atoms with Gasteiger partial charge in [0.15, 0.2) is 0 Å². The first-order valence-corrected chi connectivity index (χ1v) is 13.2. The summed E-state index contributed by atoms with van der Waals surface area (Å²) in [7, 11) is 0. The van der Waals surface area contributed by atoms with E-state index >= 15 is 0 Å². The SMILES string of the molecule is C=CC(=O)Nc1cc2c(Oc3ccc(C(=O)Nc4ccccn4)cn3)ccnc2cc1OCCN1CCCCC1. The van der Waals surface area contributed by atoms with Gasteiger partial charge in [0.1, 0.15) is 23.9 Å². The van der Waals surface area contributed by atoms with Crippen LogP contribution in [-0.2, 0) is 4.79 Å². The number of benzene rings is 1. The van der Waals surface area contributed by atoms with Crippen LogP contribution in [0.3, 0.4) is 0 Å². The second kappa shape index (κ2) is 12.8. The van der Waals surface area contributed by atoms with Crippen molar-refractivity contribution >= 4 is 34.2 Å². The number of ether oxygens (including phenoxy) is 2. The molecule has 10 nitrogen and oxygen atoms in total. The molecule has 0 saturated carbocycles. The standard InChI is InChI=1S/C30H30N6O4/c1-2-28(37)34-24-18-22-23(19-26(24)39-17-16-36-14-6-3-7-15-36)31-13-11-25(22)40-29-10-9-21(20-33-29)30(38)35-27-8-4-5-12-32-27/h2,4-5,8-13,18-20H,1,3,6-7,14-17H2,(H,34,37)(H,32,35,38). The highest BCUT2D eigenvalue weighted by molar-refractivity contribution is 6.04. The Labute approximate surface area is 232 Å². The van der Waals surface area contributed by atoms with Crippen LogP contribution in [0.5, 0.6) is 17.4 Å². The van der Waals surface area contributed by atoms with Crippen LogP contribution in [0.25, 0.3) is 10.9 Å². The maximum absolute atomic E-state index is 12.5. The number of anilines is 2. The van der Waals surface area contributed by atoms with Crippen LogP contribution in [0, 0.1) is 0 Å². The number of aromatic nitrogens is 3. The van der Waals surface area contributed by atoms with Crippen molar-refractivity contribution in [2.24, 2.45) is 0 Å². The number of carbonyl (C=O) groups excluding carboxylic acids is 2. The van der Waals surface area contributed by atoms with Gasteiger partial charge in [-0.05, 0) is 62.3 Å². The van der Waals surface area contributed by atoms with Crippen molar-refractivity contribution in [2.45, 2.75) is 19.3 Å².